The highest BCUT2D eigenvalue weighted by molar-refractivity contribution is 5.76. The average Bonchev–Trinajstić information content (AvgIpc) is 2.79. The normalized spacial score (nSPS) is 28.7. The van der Waals surface area contributed by atoms with E-state index >= 15 is 0 Å². The third-order valence-electron chi connectivity index (χ3n) is 3.28. The van der Waals surface area contributed by atoms with Crippen LogP contribution in [0.5, 0.6) is 0 Å². The molecule has 1 aliphatic rings. The van der Waals surface area contributed by atoms with E-state index in [1.54, 1.807) is 18.5 Å². The van der Waals surface area contributed by atoms with Crippen LogP contribution in [0, 0.1) is 0 Å². The van der Waals surface area contributed by atoms with Gasteiger partial charge in [0.15, 0.2) is 0 Å². The molecular weight excluding hydrogens is 234 g/mol. The number of aliphatic hydroxyl groups excluding tert-OH is 2. The van der Waals surface area contributed by atoms with Crippen molar-refractivity contribution in [2.24, 2.45) is 0 Å². The lowest BCUT2D eigenvalue weighted by atomic mass is 10.0. The maximum absolute atomic E-state index is 11.8. The van der Waals surface area contributed by atoms with E-state index in [-0.39, 0.29) is 18.5 Å². The number of carbonyl (C=O) groups excluding carboxylic acids is 1. The summed E-state index contributed by atoms with van der Waals surface area (Å²) in [4.78, 5) is 11.8. The molecule has 0 radical (unpaired) electrons. The van der Waals surface area contributed by atoms with Gasteiger partial charge in [-0.2, -0.15) is 5.10 Å². The summed E-state index contributed by atoms with van der Waals surface area (Å²) < 4.78 is 1.52. The molecule has 0 aromatic carbocycles. The lowest BCUT2D eigenvalue weighted by Gasteiger charge is -2.24. The topological polar surface area (TPSA) is 87.4 Å². The molecule has 0 aliphatic heterocycles. The van der Waals surface area contributed by atoms with Gasteiger partial charge in [-0.25, -0.2) is 0 Å². The zero-order chi connectivity index (χ0) is 13.0. The Hall–Kier alpha value is -1.40. The van der Waals surface area contributed by atoms with Crippen molar-refractivity contribution < 1.29 is 15.0 Å². The predicted octanol–water partition coefficient (Wildman–Crippen LogP) is -0.336. The molecule has 1 aromatic heterocycles. The number of hydrogen-bond donors (Lipinski definition) is 3. The molecule has 3 atom stereocenters. The van der Waals surface area contributed by atoms with E-state index in [4.69, 9.17) is 0 Å². The van der Waals surface area contributed by atoms with Gasteiger partial charge in [0.2, 0.25) is 5.91 Å². The van der Waals surface area contributed by atoms with Crippen molar-refractivity contribution in [2.75, 3.05) is 0 Å². The number of nitrogens with one attached hydrogen (secondary N) is 1. The molecule has 18 heavy (non-hydrogen) atoms. The van der Waals surface area contributed by atoms with Crippen molar-refractivity contribution >= 4 is 5.91 Å². The molecule has 100 valence electrons. The molecule has 2 rings (SSSR count). The predicted molar refractivity (Wildman–Crippen MR) is 64.6 cm³/mol. The zero-order valence-corrected chi connectivity index (χ0v) is 10.2. The van der Waals surface area contributed by atoms with Gasteiger partial charge in [-0.3, -0.25) is 9.48 Å². The van der Waals surface area contributed by atoms with Gasteiger partial charge in [0.05, 0.1) is 18.2 Å². The van der Waals surface area contributed by atoms with Crippen molar-refractivity contribution in [1.29, 1.82) is 0 Å². The van der Waals surface area contributed by atoms with E-state index in [1.807, 2.05) is 0 Å². The van der Waals surface area contributed by atoms with Gasteiger partial charge in [-0.05, 0) is 18.9 Å². The van der Waals surface area contributed by atoms with Gasteiger partial charge >= 0.3 is 0 Å². The number of aliphatic hydroxyl groups is 2. The summed E-state index contributed by atoms with van der Waals surface area (Å²) in [7, 11) is 0. The van der Waals surface area contributed by atoms with Crippen LogP contribution in [0.15, 0.2) is 18.5 Å². The third kappa shape index (κ3) is 3.30. The fraction of sp³-hybridized carbons (Fsp3) is 0.667. The minimum absolute atomic E-state index is 0.131. The van der Waals surface area contributed by atoms with Crippen LogP contribution in [0.3, 0.4) is 0 Å². The van der Waals surface area contributed by atoms with Crippen LogP contribution in [0.25, 0.3) is 0 Å². The molecule has 3 N–H and O–H groups in total. The zero-order valence-electron chi connectivity index (χ0n) is 10.2. The Morgan fingerprint density at radius 3 is 2.89 bits per heavy atom. The fourth-order valence-corrected chi connectivity index (χ4v) is 2.28. The van der Waals surface area contributed by atoms with Crippen molar-refractivity contribution in [3.8, 4) is 0 Å². The Kier molecular flexibility index (Phi) is 4.33. The Morgan fingerprint density at radius 1 is 1.39 bits per heavy atom. The maximum atomic E-state index is 11.8. The Morgan fingerprint density at radius 2 is 2.17 bits per heavy atom. The average molecular weight is 253 g/mol. The minimum atomic E-state index is -0.880. The minimum Gasteiger partial charge on any atom is -0.390 e. The number of amides is 1. The molecule has 1 heterocycles. The first-order valence-corrected chi connectivity index (χ1v) is 6.30. The Balaban J connectivity index is 1.89. The van der Waals surface area contributed by atoms with Gasteiger partial charge < -0.3 is 15.5 Å². The SMILES string of the molecule is O=C(Cn1cccn1)N[C@@H]1CCCC[C@@H](O)[C@@H]1O. The standard InChI is InChI=1S/C12H19N3O3/c16-10-5-2-1-4-9(12(10)18)14-11(17)8-15-7-3-6-13-15/h3,6-7,9-10,12,16,18H,1-2,4-5,8H2,(H,14,17)/t9-,10-,12-/m1/s1. The first-order valence-electron chi connectivity index (χ1n) is 6.30. The number of nitrogens with zero attached hydrogens (tertiary/aromatic N) is 2. The quantitative estimate of drug-likeness (QED) is 0.643. The molecule has 1 amide bonds. The summed E-state index contributed by atoms with van der Waals surface area (Å²) in [6, 6.07) is 1.38. The lowest BCUT2D eigenvalue weighted by Crippen LogP contribution is -2.48. The summed E-state index contributed by atoms with van der Waals surface area (Å²) in [6.45, 7) is 0.131. The smallest absolute Gasteiger partial charge is 0.242 e. The number of rotatable bonds is 3. The van der Waals surface area contributed by atoms with Crippen LogP contribution < -0.4 is 5.32 Å². The molecule has 6 heteroatoms. The van der Waals surface area contributed by atoms with Crippen LogP contribution in [0.4, 0.5) is 0 Å². The molecule has 0 saturated heterocycles. The second kappa shape index (κ2) is 5.97. The molecule has 6 nitrogen and oxygen atoms in total. The highest BCUT2D eigenvalue weighted by Crippen LogP contribution is 2.18. The van der Waals surface area contributed by atoms with Gasteiger partial charge in [0.25, 0.3) is 0 Å². The molecule has 0 bridgehead atoms. The van der Waals surface area contributed by atoms with E-state index in [1.165, 1.54) is 4.68 Å². The van der Waals surface area contributed by atoms with Gasteiger partial charge in [0, 0.05) is 12.4 Å². The highest BCUT2D eigenvalue weighted by atomic mass is 16.3. The van der Waals surface area contributed by atoms with E-state index in [0.29, 0.717) is 12.8 Å². The largest absolute Gasteiger partial charge is 0.390 e. The van der Waals surface area contributed by atoms with Crippen LogP contribution >= 0.6 is 0 Å². The van der Waals surface area contributed by atoms with E-state index in [0.717, 1.165) is 12.8 Å². The second-order valence-corrected chi connectivity index (χ2v) is 4.72. The first-order chi connectivity index (χ1) is 8.66. The molecule has 0 unspecified atom stereocenters. The molecule has 1 saturated carbocycles. The Labute approximate surface area is 106 Å². The summed E-state index contributed by atoms with van der Waals surface area (Å²) >= 11 is 0. The summed E-state index contributed by atoms with van der Waals surface area (Å²) in [6.07, 6.45) is 4.76. The number of aromatic nitrogens is 2. The Bertz CT molecular complexity index is 380. The molecule has 1 aromatic rings. The van der Waals surface area contributed by atoms with Crippen molar-refractivity contribution in [2.45, 2.75) is 50.5 Å². The van der Waals surface area contributed by atoms with E-state index < -0.39 is 12.2 Å². The van der Waals surface area contributed by atoms with Crippen LogP contribution in [0.2, 0.25) is 0 Å². The van der Waals surface area contributed by atoms with Crippen LogP contribution in [-0.4, -0.2) is 44.2 Å². The van der Waals surface area contributed by atoms with E-state index in [2.05, 4.69) is 10.4 Å². The summed E-state index contributed by atoms with van der Waals surface area (Å²) in [5.41, 5.74) is 0. The van der Waals surface area contributed by atoms with Crippen molar-refractivity contribution in [1.82, 2.24) is 15.1 Å². The molecule has 1 aliphatic carbocycles. The second-order valence-electron chi connectivity index (χ2n) is 4.72. The van der Waals surface area contributed by atoms with Gasteiger partial charge in [0.1, 0.15) is 6.54 Å². The van der Waals surface area contributed by atoms with Crippen molar-refractivity contribution in [3.05, 3.63) is 18.5 Å². The van der Waals surface area contributed by atoms with E-state index in [9.17, 15) is 15.0 Å². The summed E-state index contributed by atoms with van der Waals surface area (Å²) in [5.74, 6) is -0.197. The lowest BCUT2D eigenvalue weighted by molar-refractivity contribution is -0.124. The monoisotopic (exact) mass is 253 g/mol. The van der Waals surface area contributed by atoms with Gasteiger partial charge in [-0.15, -0.1) is 0 Å². The van der Waals surface area contributed by atoms with Crippen molar-refractivity contribution in [3.63, 3.8) is 0 Å². The summed E-state index contributed by atoms with van der Waals surface area (Å²) in [5, 5.41) is 26.3. The van der Waals surface area contributed by atoms with Gasteiger partial charge in [-0.1, -0.05) is 12.8 Å². The molecule has 1 fully saturated rings. The number of carbonyl (C=O) groups is 1. The van der Waals surface area contributed by atoms with Crippen LogP contribution in [0.1, 0.15) is 25.7 Å². The highest BCUT2D eigenvalue weighted by Gasteiger charge is 2.29. The fourth-order valence-electron chi connectivity index (χ4n) is 2.28. The molecular formula is C12H19N3O3. The van der Waals surface area contributed by atoms with Crippen LogP contribution in [-0.2, 0) is 11.3 Å². The number of hydrogen-bond acceptors (Lipinski definition) is 4. The maximum Gasteiger partial charge on any atom is 0.242 e. The molecule has 0 spiro atoms. The third-order valence-corrected chi connectivity index (χ3v) is 3.28. The first kappa shape index (κ1) is 13.0.